The van der Waals surface area contributed by atoms with Crippen molar-refractivity contribution in [2.75, 3.05) is 31.6 Å². The monoisotopic (exact) mass is 434 g/mol. The summed E-state index contributed by atoms with van der Waals surface area (Å²) in [4.78, 5) is 16.8. The van der Waals surface area contributed by atoms with Crippen LogP contribution in [0.1, 0.15) is 37.3 Å². The van der Waals surface area contributed by atoms with Gasteiger partial charge >= 0.3 is 0 Å². The molecular weight excluding hydrogens is 404 g/mol. The van der Waals surface area contributed by atoms with Gasteiger partial charge in [-0.3, -0.25) is 4.79 Å². The molecule has 0 aromatic heterocycles. The van der Waals surface area contributed by atoms with Crippen molar-refractivity contribution in [2.24, 2.45) is 11.0 Å². The van der Waals surface area contributed by atoms with Crippen LogP contribution in [0, 0.1) is 5.92 Å². The maximum absolute atomic E-state index is 12.4. The van der Waals surface area contributed by atoms with Gasteiger partial charge < -0.3 is 19.6 Å². The number of aliphatic hydroxyl groups is 1. The summed E-state index contributed by atoms with van der Waals surface area (Å²) in [6.45, 7) is 6.57. The van der Waals surface area contributed by atoms with Gasteiger partial charge in [0.15, 0.2) is 5.84 Å². The Morgan fingerprint density at radius 2 is 2.03 bits per heavy atom. The molecule has 2 N–H and O–H groups in total. The van der Waals surface area contributed by atoms with Crippen molar-refractivity contribution in [2.45, 2.75) is 38.8 Å². The summed E-state index contributed by atoms with van der Waals surface area (Å²) in [5.41, 5.74) is 7.77. The Bertz CT molecular complexity index is 1080. The van der Waals surface area contributed by atoms with Gasteiger partial charge in [0.2, 0.25) is 0 Å². The highest BCUT2D eigenvalue weighted by Crippen LogP contribution is 2.46. The number of fused-ring (bicyclic) bond motifs is 3. The number of likely N-dealkylation sites (tertiary alicyclic amines) is 1. The van der Waals surface area contributed by atoms with E-state index in [9.17, 15) is 9.90 Å². The van der Waals surface area contributed by atoms with E-state index in [0.29, 0.717) is 18.4 Å². The van der Waals surface area contributed by atoms with Crippen molar-refractivity contribution in [3.8, 4) is 16.9 Å². The zero-order valence-corrected chi connectivity index (χ0v) is 18.8. The maximum Gasteiger partial charge on any atom is 0.262 e. The predicted molar refractivity (Wildman–Crippen MR) is 125 cm³/mol. The maximum atomic E-state index is 12.4. The van der Waals surface area contributed by atoms with Crippen molar-refractivity contribution >= 4 is 17.4 Å². The highest BCUT2D eigenvalue weighted by Gasteiger charge is 2.37. The number of hydrogen-bond acceptors (Lipinski definition) is 6. The number of ether oxygens (including phenoxy) is 1. The molecule has 7 nitrogen and oxygen atoms in total. The van der Waals surface area contributed by atoms with E-state index in [2.05, 4.69) is 47.6 Å². The van der Waals surface area contributed by atoms with Gasteiger partial charge in [-0.2, -0.15) is 5.10 Å². The first kappa shape index (κ1) is 21.0. The van der Waals surface area contributed by atoms with Crippen LogP contribution in [0.2, 0.25) is 0 Å². The standard InChI is InChI=1S/C25H30N4O3/c1-15-12-28(3)9-8-18(15)20-10-22-23(11-21(20)19-7-5-4-6-17(19)13-30)32-14-24-26-27-25(31)16(2)29(22)24/h4-7,10-11,15-16,18,30H,8-9,12-14H2,1-3H3,(H,27,31). The van der Waals surface area contributed by atoms with Gasteiger partial charge in [0, 0.05) is 6.54 Å². The average Bonchev–Trinajstić information content (AvgIpc) is 2.80. The lowest BCUT2D eigenvalue weighted by molar-refractivity contribution is -0.122. The van der Waals surface area contributed by atoms with E-state index in [1.165, 1.54) is 5.56 Å². The Kier molecular flexibility index (Phi) is 5.39. The lowest BCUT2D eigenvalue weighted by Gasteiger charge is -2.40. The molecule has 0 bridgehead atoms. The molecule has 0 spiro atoms. The van der Waals surface area contributed by atoms with Crippen LogP contribution >= 0.6 is 0 Å². The number of carbonyl (C=O) groups is 1. The molecule has 2 aromatic carbocycles. The molecule has 5 rings (SSSR count). The number of nitrogens with zero attached hydrogens (tertiary/aromatic N) is 3. The summed E-state index contributed by atoms with van der Waals surface area (Å²) in [6, 6.07) is 12.0. The van der Waals surface area contributed by atoms with Crippen LogP contribution in [0.4, 0.5) is 5.69 Å². The lowest BCUT2D eigenvalue weighted by Crippen LogP contribution is -2.55. The second-order valence-electron chi connectivity index (χ2n) is 9.20. The number of rotatable bonds is 3. The van der Waals surface area contributed by atoms with Crippen LogP contribution in [0.15, 0.2) is 41.5 Å². The molecule has 0 radical (unpaired) electrons. The third-order valence-electron chi connectivity index (χ3n) is 7.07. The smallest absolute Gasteiger partial charge is 0.262 e. The molecule has 32 heavy (non-hydrogen) atoms. The normalized spacial score (nSPS) is 25.4. The minimum Gasteiger partial charge on any atom is -0.483 e. The molecule has 3 atom stereocenters. The van der Waals surface area contributed by atoms with E-state index < -0.39 is 0 Å². The van der Waals surface area contributed by atoms with Crippen LogP contribution in [0.25, 0.3) is 11.1 Å². The highest BCUT2D eigenvalue weighted by atomic mass is 16.5. The number of anilines is 1. The molecule has 0 saturated carbocycles. The summed E-state index contributed by atoms with van der Waals surface area (Å²) in [5, 5.41) is 14.3. The number of carbonyl (C=O) groups excluding carboxylic acids is 1. The largest absolute Gasteiger partial charge is 0.483 e. The highest BCUT2D eigenvalue weighted by molar-refractivity contribution is 6.09. The van der Waals surface area contributed by atoms with Gasteiger partial charge in [0.1, 0.15) is 18.4 Å². The zero-order valence-electron chi connectivity index (χ0n) is 18.8. The van der Waals surface area contributed by atoms with Crippen molar-refractivity contribution in [3.05, 3.63) is 47.5 Å². The SMILES string of the molecule is CC1CN(C)CCC1c1cc2c(cc1-c1ccccc1CO)OCC1=NNC(=O)C(C)N12. The Morgan fingerprint density at radius 3 is 2.81 bits per heavy atom. The number of hydrazone groups is 1. The topological polar surface area (TPSA) is 77.4 Å². The number of aliphatic hydroxyl groups excluding tert-OH is 1. The van der Waals surface area contributed by atoms with Crippen LogP contribution < -0.4 is 15.1 Å². The van der Waals surface area contributed by atoms with Crippen molar-refractivity contribution in [1.82, 2.24) is 10.3 Å². The molecule has 168 valence electrons. The van der Waals surface area contributed by atoms with E-state index in [1.807, 2.05) is 30.0 Å². The molecule has 3 heterocycles. The summed E-state index contributed by atoms with van der Waals surface area (Å²) < 4.78 is 6.10. The number of hydrogen-bond donors (Lipinski definition) is 2. The van der Waals surface area contributed by atoms with E-state index in [0.717, 1.165) is 53.5 Å². The molecular formula is C25H30N4O3. The van der Waals surface area contributed by atoms with Gasteiger partial charge in [-0.1, -0.05) is 31.2 Å². The molecule has 2 aromatic rings. The Morgan fingerprint density at radius 1 is 1.22 bits per heavy atom. The minimum atomic E-state index is -0.358. The molecule has 1 saturated heterocycles. The first-order chi connectivity index (χ1) is 15.5. The third-order valence-corrected chi connectivity index (χ3v) is 7.07. The second kappa shape index (κ2) is 8.22. The first-order valence-electron chi connectivity index (χ1n) is 11.3. The van der Waals surface area contributed by atoms with Gasteiger partial charge in [-0.15, -0.1) is 0 Å². The summed E-state index contributed by atoms with van der Waals surface area (Å²) in [7, 11) is 2.17. The van der Waals surface area contributed by atoms with E-state index in [1.54, 1.807) is 0 Å². The first-order valence-corrected chi connectivity index (χ1v) is 11.3. The second-order valence-corrected chi connectivity index (χ2v) is 9.20. The molecule has 0 aliphatic carbocycles. The summed E-state index contributed by atoms with van der Waals surface area (Å²) in [6.07, 6.45) is 1.06. The Labute approximate surface area is 188 Å². The quantitative estimate of drug-likeness (QED) is 0.777. The number of amides is 1. The molecule has 1 amide bonds. The van der Waals surface area contributed by atoms with Gasteiger partial charge in [-0.05, 0) is 73.2 Å². The fourth-order valence-electron chi connectivity index (χ4n) is 5.37. The molecule has 3 aliphatic rings. The molecule has 3 aliphatic heterocycles. The van der Waals surface area contributed by atoms with Gasteiger partial charge in [-0.25, -0.2) is 5.43 Å². The van der Waals surface area contributed by atoms with Gasteiger partial charge in [0.05, 0.1) is 12.3 Å². The van der Waals surface area contributed by atoms with Crippen molar-refractivity contribution in [1.29, 1.82) is 0 Å². The van der Waals surface area contributed by atoms with Crippen LogP contribution in [0.5, 0.6) is 5.75 Å². The third kappa shape index (κ3) is 3.45. The zero-order chi connectivity index (χ0) is 22.4. The number of amidine groups is 1. The fraction of sp³-hybridized carbons (Fsp3) is 0.440. The van der Waals surface area contributed by atoms with E-state index in [4.69, 9.17) is 4.74 Å². The number of nitrogens with one attached hydrogen (secondary N) is 1. The minimum absolute atomic E-state index is 0.0172. The summed E-state index contributed by atoms with van der Waals surface area (Å²) in [5.74, 6) is 2.19. The molecule has 7 heteroatoms. The van der Waals surface area contributed by atoms with Gasteiger partial charge in [0.25, 0.3) is 5.91 Å². The summed E-state index contributed by atoms with van der Waals surface area (Å²) >= 11 is 0. The predicted octanol–water partition coefficient (Wildman–Crippen LogP) is 2.93. The molecule has 3 unspecified atom stereocenters. The fourth-order valence-corrected chi connectivity index (χ4v) is 5.37. The molecule has 1 fully saturated rings. The van der Waals surface area contributed by atoms with Crippen LogP contribution in [-0.4, -0.2) is 54.5 Å². The van der Waals surface area contributed by atoms with Crippen LogP contribution in [-0.2, 0) is 11.4 Å². The van der Waals surface area contributed by atoms with E-state index in [-0.39, 0.29) is 18.6 Å². The lowest BCUT2D eigenvalue weighted by atomic mass is 9.77. The Hall–Kier alpha value is -2.90. The average molecular weight is 435 g/mol. The van der Waals surface area contributed by atoms with E-state index >= 15 is 0 Å². The number of benzene rings is 2. The van der Waals surface area contributed by atoms with Crippen molar-refractivity contribution < 1.29 is 14.6 Å². The van der Waals surface area contributed by atoms with Crippen LogP contribution in [0.3, 0.4) is 0 Å². The number of piperidine rings is 1. The van der Waals surface area contributed by atoms with Crippen molar-refractivity contribution in [3.63, 3.8) is 0 Å². The Balaban J connectivity index is 1.70.